The monoisotopic (exact) mass is 305 g/mol. The van der Waals surface area contributed by atoms with Crippen LogP contribution < -0.4 is 5.32 Å². The van der Waals surface area contributed by atoms with Crippen molar-refractivity contribution in [3.05, 3.63) is 29.6 Å². The van der Waals surface area contributed by atoms with Gasteiger partial charge >= 0.3 is 6.03 Å². The van der Waals surface area contributed by atoms with Crippen molar-refractivity contribution in [2.24, 2.45) is 5.92 Å². The maximum atomic E-state index is 12.1. The van der Waals surface area contributed by atoms with Crippen LogP contribution in [0.25, 0.3) is 0 Å². The summed E-state index contributed by atoms with van der Waals surface area (Å²) in [5, 5.41) is 12.9. The van der Waals surface area contributed by atoms with Crippen LogP contribution in [0.2, 0.25) is 0 Å². The molecule has 0 aromatic carbocycles. The summed E-state index contributed by atoms with van der Waals surface area (Å²) in [7, 11) is 1.80. The van der Waals surface area contributed by atoms with E-state index in [1.54, 1.807) is 11.9 Å². The Morgan fingerprint density at radius 2 is 2.18 bits per heavy atom. The van der Waals surface area contributed by atoms with E-state index in [2.05, 4.69) is 10.3 Å². The summed E-state index contributed by atoms with van der Waals surface area (Å²) in [4.78, 5) is 18.0. The first-order valence-corrected chi connectivity index (χ1v) is 8.15. The van der Waals surface area contributed by atoms with Gasteiger partial charge in [-0.15, -0.1) is 0 Å². The zero-order valence-electron chi connectivity index (χ0n) is 13.6. The molecule has 22 heavy (non-hydrogen) atoms. The second-order valence-corrected chi connectivity index (χ2v) is 6.28. The summed E-state index contributed by atoms with van der Waals surface area (Å²) in [6, 6.07) is 3.95. The van der Waals surface area contributed by atoms with E-state index in [9.17, 15) is 9.90 Å². The molecule has 0 aliphatic heterocycles. The average molecular weight is 305 g/mol. The minimum Gasteiger partial charge on any atom is -0.393 e. The lowest BCUT2D eigenvalue weighted by Crippen LogP contribution is -2.43. The number of hydrogen-bond acceptors (Lipinski definition) is 3. The third-order valence-electron chi connectivity index (χ3n) is 4.39. The first-order valence-electron chi connectivity index (χ1n) is 8.15. The van der Waals surface area contributed by atoms with E-state index in [0.29, 0.717) is 13.1 Å². The van der Waals surface area contributed by atoms with Crippen LogP contribution in [0.3, 0.4) is 0 Å². The Hall–Kier alpha value is -1.62. The maximum absolute atomic E-state index is 12.1. The van der Waals surface area contributed by atoms with Gasteiger partial charge in [0.25, 0.3) is 0 Å². The number of carbonyl (C=O) groups is 1. The topological polar surface area (TPSA) is 65.5 Å². The van der Waals surface area contributed by atoms with Crippen LogP contribution in [0, 0.1) is 12.8 Å². The largest absolute Gasteiger partial charge is 0.393 e. The Kier molecular flexibility index (Phi) is 6.19. The third kappa shape index (κ3) is 4.98. The van der Waals surface area contributed by atoms with Crippen LogP contribution in [-0.2, 0) is 6.42 Å². The molecule has 1 aromatic heterocycles. The molecule has 2 atom stereocenters. The zero-order chi connectivity index (χ0) is 15.9. The van der Waals surface area contributed by atoms with E-state index in [4.69, 9.17) is 0 Å². The Morgan fingerprint density at radius 1 is 1.41 bits per heavy atom. The minimum absolute atomic E-state index is 0.0714. The molecule has 2 rings (SSSR count). The van der Waals surface area contributed by atoms with Crippen molar-refractivity contribution in [3.8, 4) is 0 Å². The minimum atomic E-state index is -0.261. The number of nitrogens with one attached hydrogen (secondary N) is 1. The molecule has 5 heteroatoms. The number of urea groups is 1. The van der Waals surface area contributed by atoms with Crippen molar-refractivity contribution in [1.29, 1.82) is 0 Å². The molecule has 122 valence electrons. The van der Waals surface area contributed by atoms with Crippen molar-refractivity contribution in [3.63, 3.8) is 0 Å². The lowest BCUT2D eigenvalue weighted by molar-refractivity contribution is 0.0565. The molecule has 0 radical (unpaired) electrons. The number of carbonyl (C=O) groups excluding carboxylic acids is 1. The van der Waals surface area contributed by atoms with Gasteiger partial charge in [-0.05, 0) is 37.8 Å². The Labute approximate surface area is 132 Å². The van der Waals surface area contributed by atoms with Gasteiger partial charge in [0.15, 0.2) is 0 Å². The van der Waals surface area contributed by atoms with Crippen LogP contribution in [0.4, 0.5) is 4.79 Å². The van der Waals surface area contributed by atoms with E-state index < -0.39 is 0 Å². The predicted molar refractivity (Wildman–Crippen MR) is 86.7 cm³/mol. The number of aliphatic hydroxyl groups is 1. The average Bonchev–Trinajstić information content (AvgIpc) is 2.51. The molecular weight excluding hydrogens is 278 g/mol. The standard InChI is InChI=1S/C17H27N3O2/c1-13-7-8-14(11-19-13)9-10-18-17(22)20(2)12-15-5-3-4-6-16(15)21/h7-8,11,15-16,21H,3-6,9-10,12H2,1-2H3,(H,18,22)/t15-,16-/m1/s1. The first-order chi connectivity index (χ1) is 10.6. The van der Waals surface area contributed by atoms with Crippen LogP contribution in [0.1, 0.15) is 36.9 Å². The molecule has 0 unspecified atom stereocenters. The SMILES string of the molecule is Cc1ccc(CCNC(=O)N(C)C[C@H]2CCCC[C@H]2O)cn1. The number of nitrogens with zero attached hydrogens (tertiary/aromatic N) is 2. The quantitative estimate of drug-likeness (QED) is 0.876. The summed E-state index contributed by atoms with van der Waals surface area (Å²) in [6.07, 6.45) is 6.48. The van der Waals surface area contributed by atoms with Gasteiger partial charge in [0.2, 0.25) is 0 Å². The van der Waals surface area contributed by atoms with E-state index in [0.717, 1.165) is 43.4 Å². The highest BCUT2D eigenvalue weighted by atomic mass is 16.3. The van der Waals surface area contributed by atoms with Gasteiger partial charge in [-0.1, -0.05) is 18.9 Å². The molecule has 1 aliphatic carbocycles. The molecule has 1 aliphatic rings. The number of amides is 2. The molecule has 2 amide bonds. The molecule has 0 spiro atoms. The van der Waals surface area contributed by atoms with Crippen LogP contribution in [0.5, 0.6) is 0 Å². The fourth-order valence-corrected chi connectivity index (χ4v) is 2.93. The molecule has 0 bridgehead atoms. The van der Waals surface area contributed by atoms with E-state index >= 15 is 0 Å². The van der Waals surface area contributed by atoms with Crippen molar-refractivity contribution in [2.45, 2.75) is 45.1 Å². The first kappa shape index (κ1) is 16.7. The number of aromatic nitrogens is 1. The highest BCUT2D eigenvalue weighted by Gasteiger charge is 2.25. The molecule has 2 N–H and O–H groups in total. The van der Waals surface area contributed by atoms with Gasteiger partial charge in [-0.2, -0.15) is 0 Å². The van der Waals surface area contributed by atoms with Crippen LogP contribution in [-0.4, -0.2) is 47.3 Å². The van der Waals surface area contributed by atoms with Crippen LogP contribution in [0.15, 0.2) is 18.3 Å². The Morgan fingerprint density at radius 3 is 2.86 bits per heavy atom. The second-order valence-electron chi connectivity index (χ2n) is 6.28. The number of aryl methyl sites for hydroxylation is 1. The summed E-state index contributed by atoms with van der Waals surface area (Å²) in [6.45, 7) is 3.18. The highest BCUT2D eigenvalue weighted by molar-refractivity contribution is 5.73. The van der Waals surface area contributed by atoms with E-state index in [1.165, 1.54) is 0 Å². The molecule has 0 saturated heterocycles. The lowest BCUT2D eigenvalue weighted by Gasteiger charge is -2.31. The molecule has 1 aromatic rings. The van der Waals surface area contributed by atoms with Gasteiger partial charge in [0.1, 0.15) is 0 Å². The normalized spacial score (nSPS) is 21.4. The molecule has 1 fully saturated rings. The summed E-state index contributed by atoms with van der Waals surface area (Å²) >= 11 is 0. The summed E-state index contributed by atoms with van der Waals surface area (Å²) < 4.78 is 0. The van der Waals surface area contributed by atoms with Gasteiger partial charge in [0.05, 0.1) is 6.10 Å². The summed E-state index contributed by atoms with van der Waals surface area (Å²) in [5.41, 5.74) is 2.12. The fourth-order valence-electron chi connectivity index (χ4n) is 2.93. The van der Waals surface area contributed by atoms with Crippen molar-refractivity contribution >= 4 is 6.03 Å². The number of hydrogen-bond donors (Lipinski definition) is 2. The molecule has 5 nitrogen and oxygen atoms in total. The predicted octanol–water partition coefficient (Wildman–Crippen LogP) is 2.13. The molecule has 1 heterocycles. The lowest BCUT2D eigenvalue weighted by atomic mass is 9.86. The summed E-state index contributed by atoms with van der Waals surface area (Å²) in [5.74, 6) is 0.214. The van der Waals surface area contributed by atoms with E-state index in [-0.39, 0.29) is 18.1 Å². The van der Waals surface area contributed by atoms with Crippen molar-refractivity contribution in [2.75, 3.05) is 20.1 Å². The number of rotatable bonds is 5. The third-order valence-corrected chi connectivity index (χ3v) is 4.39. The Balaban J connectivity index is 1.70. The van der Waals surface area contributed by atoms with Crippen molar-refractivity contribution < 1.29 is 9.90 Å². The Bertz CT molecular complexity index is 475. The molecular formula is C17H27N3O2. The number of aliphatic hydroxyl groups excluding tert-OH is 1. The smallest absolute Gasteiger partial charge is 0.317 e. The second kappa shape index (κ2) is 8.13. The maximum Gasteiger partial charge on any atom is 0.317 e. The van der Waals surface area contributed by atoms with E-state index in [1.807, 2.05) is 25.3 Å². The van der Waals surface area contributed by atoms with Gasteiger partial charge in [0, 0.05) is 37.9 Å². The fraction of sp³-hybridized carbons (Fsp3) is 0.647. The molecule has 1 saturated carbocycles. The van der Waals surface area contributed by atoms with Crippen molar-refractivity contribution in [1.82, 2.24) is 15.2 Å². The van der Waals surface area contributed by atoms with Gasteiger partial charge in [-0.3, -0.25) is 4.98 Å². The zero-order valence-corrected chi connectivity index (χ0v) is 13.6. The van der Waals surface area contributed by atoms with Gasteiger partial charge < -0.3 is 15.3 Å². The highest BCUT2D eigenvalue weighted by Crippen LogP contribution is 2.24. The number of pyridine rings is 1. The van der Waals surface area contributed by atoms with Crippen LogP contribution >= 0.6 is 0 Å². The van der Waals surface area contributed by atoms with Gasteiger partial charge in [-0.25, -0.2) is 4.79 Å².